The minimum atomic E-state index is -0.271. The number of nitrogens with zero attached hydrogens (tertiary/aromatic N) is 6. The molecule has 0 aliphatic rings. The predicted octanol–water partition coefficient (Wildman–Crippen LogP) is 4.00. The Hall–Kier alpha value is -4.33. The van der Waals surface area contributed by atoms with E-state index in [0.29, 0.717) is 17.9 Å². The Balaban J connectivity index is 1.31. The number of carbonyl (C=O) groups excluding carboxylic acids is 1. The number of aromatic nitrogens is 4. The van der Waals surface area contributed by atoms with E-state index in [2.05, 4.69) is 56.8 Å². The van der Waals surface area contributed by atoms with Gasteiger partial charge in [0.2, 0.25) is 5.82 Å². The molecule has 8 nitrogen and oxygen atoms in total. The van der Waals surface area contributed by atoms with Gasteiger partial charge in [0.15, 0.2) is 0 Å². The molecule has 172 valence electrons. The monoisotopic (exact) mass is 453 g/mol. The highest BCUT2D eigenvalue weighted by Gasteiger charge is 2.08. The van der Waals surface area contributed by atoms with Gasteiger partial charge in [-0.1, -0.05) is 54.6 Å². The van der Waals surface area contributed by atoms with Crippen LogP contribution in [0.5, 0.6) is 0 Å². The van der Waals surface area contributed by atoms with Gasteiger partial charge in [0.05, 0.1) is 12.8 Å². The topological polar surface area (TPSA) is 88.3 Å². The molecule has 1 N–H and O–H groups in total. The standard InChI is InChI=1S/C26H27N7O/c1-3-32(4-2)24-16-12-20(13-17-24)18-27-29-26(34)23-14-10-21(11-15-23)19-33-30-25(28-31-33)22-8-6-5-7-9-22/h5-18H,3-4,19H2,1-2H3,(H,29,34)/b27-18+. The third kappa shape index (κ3) is 5.72. The smallest absolute Gasteiger partial charge is 0.271 e. The van der Waals surface area contributed by atoms with E-state index in [1.807, 2.05) is 54.6 Å². The maximum atomic E-state index is 12.4. The van der Waals surface area contributed by atoms with Gasteiger partial charge in [-0.25, -0.2) is 5.43 Å². The van der Waals surface area contributed by atoms with E-state index >= 15 is 0 Å². The van der Waals surface area contributed by atoms with Crippen molar-refractivity contribution in [3.63, 3.8) is 0 Å². The van der Waals surface area contributed by atoms with Gasteiger partial charge in [-0.15, -0.1) is 10.2 Å². The summed E-state index contributed by atoms with van der Waals surface area (Å²) >= 11 is 0. The normalized spacial score (nSPS) is 11.0. The number of tetrazole rings is 1. The Kier molecular flexibility index (Phi) is 7.39. The van der Waals surface area contributed by atoms with Crippen molar-refractivity contribution in [3.05, 3.63) is 95.6 Å². The van der Waals surface area contributed by atoms with Gasteiger partial charge in [0, 0.05) is 29.9 Å². The van der Waals surface area contributed by atoms with Crippen molar-refractivity contribution in [2.24, 2.45) is 5.10 Å². The molecule has 3 aromatic carbocycles. The van der Waals surface area contributed by atoms with Crippen LogP contribution in [0.15, 0.2) is 84.0 Å². The van der Waals surface area contributed by atoms with Gasteiger partial charge >= 0.3 is 0 Å². The Morgan fingerprint density at radius 1 is 0.971 bits per heavy atom. The number of hydrogen-bond acceptors (Lipinski definition) is 6. The fourth-order valence-corrected chi connectivity index (χ4v) is 3.53. The third-order valence-electron chi connectivity index (χ3n) is 5.43. The number of carbonyl (C=O) groups is 1. The second kappa shape index (κ2) is 11.0. The summed E-state index contributed by atoms with van der Waals surface area (Å²) in [5.74, 6) is 0.310. The first-order valence-electron chi connectivity index (χ1n) is 11.3. The summed E-state index contributed by atoms with van der Waals surface area (Å²) < 4.78 is 0. The first-order chi connectivity index (χ1) is 16.7. The Labute approximate surface area is 198 Å². The molecule has 1 aromatic heterocycles. The molecule has 34 heavy (non-hydrogen) atoms. The second-order valence-corrected chi connectivity index (χ2v) is 7.67. The van der Waals surface area contributed by atoms with Crippen LogP contribution in [0.2, 0.25) is 0 Å². The summed E-state index contributed by atoms with van der Waals surface area (Å²) in [5.41, 5.74) is 7.07. The van der Waals surface area contributed by atoms with Gasteiger partial charge in [0.1, 0.15) is 0 Å². The molecule has 4 aromatic rings. The fourth-order valence-electron chi connectivity index (χ4n) is 3.53. The van der Waals surface area contributed by atoms with Crippen molar-refractivity contribution in [3.8, 4) is 11.4 Å². The highest BCUT2D eigenvalue weighted by Crippen LogP contribution is 2.14. The molecular weight excluding hydrogens is 426 g/mol. The Morgan fingerprint density at radius 3 is 2.35 bits per heavy atom. The van der Waals surface area contributed by atoms with Crippen molar-refractivity contribution < 1.29 is 4.79 Å². The highest BCUT2D eigenvalue weighted by atomic mass is 16.2. The number of hydrogen-bond donors (Lipinski definition) is 1. The van der Waals surface area contributed by atoms with E-state index in [1.54, 1.807) is 18.3 Å². The largest absolute Gasteiger partial charge is 0.372 e. The lowest BCUT2D eigenvalue weighted by atomic mass is 10.1. The zero-order valence-electron chi connectivity index (χ0n) is 19.3. The summed E-state index contributed by atoms with van der Waals surface area (Å²) in [4.78, 5) is 16.2. The molecule has 0 bridgehead atoms. The van der Waals surface area contributed by atoms with Crippen LogP contribution in [0, 0.1) is 0 Å². The van der Waals surface area contributed by atoms with Crippen molar-refractivity contribution in [1.29, 1.82) is 0 Å². The minimum absolute atomic E-state index is 0.271. The molecule has 0 saturated carbocycles. The number of benzene rings is 3. The van der Waals surface area contributed by atoms with E-state index in [1.165, 1.54) is 10.5 Å². The highest BCUT2D eigenvalue weighted by molar-refractivity contribution is 5.94. The molecule has 0 radical (unpaired) electrons. The van der Waals surface area contributed by atoms with Crippen LogP contribution in [0.25, 0.3) is 11.4 Å². The average molecular weight is 454 g/mol. The van der Waals surface area contributed by atoms with Gasteiger partial charge < -0.3 is 4.90 Å². The summed E-state index contributed by atoms with van der Waals surface area (Å²) in [6.45, 7) is 6.65. The van der Waals surface area contributed by atoms with Crippen molar-refractivity contribution in [2.75, 3.05) is 18.0 Å². The molecule has 0 saturated heterocycles. The SMILES string of the molecule is CCN(CC)c1ccc(/C=N/NC(=O)c2ccc(Cn3nnc(-c4ccccc4)n3)cc2)cc1. The molecule has 0 unspecified atom stereocenters. The molecule has 8 heteroatoms. The molecule has 0 aliphatic carbocycles. The maximum Gasteiger partial charge on any atom is 0.271 e. The lowest BCUT2D eigenvalue weighted by Gasteiger charge is -2.20. The molecule has 1 amide bonds. The molecule has 4 rings (SSSR count). The lowest BCUT2D eigenvalue weighted by molar-refractivity contribution is 0.0955. The summed E-state index contributed by atoms with van der Waals surface area (Å²) in [7, 11) is 0. The van der Waals surface area contributed by atoms with E-state index in [4.69, 9.17) is 0 Å². The minimum Gasteiger partial charge on any atom is -0.372 e. The van der Waals surface area contributed by atoms with Gasteiger partial charge in [0.25, 0.3) is 5.91 Å². The van der Waals surface area contributed by atoms with Gasteiger partial charge in [-0.05, 0) is 54.5 Å². The van der Waals surface area contributed by atoms with Crippen molar-refractivity contribution in [2.45, 2.75) is 20.4 Å². The number of hydrazone groups is 1. The Bertz CT molecular complexity index is 1230. The van der Waals surface area contributed by atoms with Crippen LogP contribution in [0.1, 0.15) is 35.3 Å². The third-order valence-corrected chi connectivity index (χ3v) is 5.43. The molecular formula is C26H27N7O. The first-order valence-corrected chi connectivity index (χ1v) is 11.3. The predicted molar refractivity (Wildman–Crippen MR) is 134 cm³/mol. The second-order valence-electron chi connectivity index (χ2n) is 7.67. The van der Waals surface area contributed by atoms with E-state index in [9.17, 15) is 4.79 Å². The summed E-state index contributed by atoms with van der Waals surface area (Å²) in [5, 5.41) is 16.7. The number of amides is 1. The first kappa shape index (κ1) is 22.8. The average Bonchev–Trinajstić information content (AvgIpc) is 3.35. The summed E-state index contributed by atoms with van der Waals surface area (Å²) in [6.07, 6.45) is 1.64. The van der Waals surface area contributed by atoms with Gasteiger partial charge in [-0.3, -0.25) is 4.79 Å². The maximum absolute atomic E-state index is 12.4. The molecule has 0 spiro atoms. The number of anilines is 1. The van der Waals surface area contributed by atoms with E-state index in [0.717, 1.165) is 29.8 Å². The molecule has 0 aliphatic heterocycles. The van der Waals surface area contributed by atoms with Crippen molar-refractivity contribution >= 4 is 17.8 Å². The quantitative estimate of drug-likeness (QED) is 0.306. The zero-order valence-corrected chi connectivity index (χ0v) is 19.3. The molecule has 0 fully saturated rings. The zero-order chi connectivity index (χ0) is 23.8. The fraction of sp³-hybridized carbons (Fsp3) is 0.192. The van der Waals surface area contributed by atoms with Crippen LogP contribution in [-0.4, -0.2) is 45.4 Å². The molecule has 1 heterocycles. The van der Waals surface area contributed by atoms with E-state index < -0.39 is 0 Å². The van der Waals surface area contributed by atoms with Crippen LogP contribution in [0.4, 0.5) is 5.69 Å². The van der Waals surface area contributed by atoms with E-state index in [-0.39, 0.29) is 5.91 Å². The van der Waals surface area contributed by atoms with Crippen molar-refractivity contribution in [1.82, 2.24) is 25.6 Å². The van der Waals surface area contributed by atoms with Crippen LogP contribution < -0.4 is 10.3 Å². The van der Waals surface area contributed by atoms with Crippen LogP contribution in [-0.2, 0) is 6.54 Å². The van der Waals surface area contributed by atoms with Crippen LogP contribution >= 0.6 is 0 Å². The molecule has 0 atom stereocenters. The van der Waals surface area contributed by atoms with Crippen LogP contribution in [0.3, 0.4) is 0 Å². The van der Waals surface area contributed by atoms with Gasteiger partial charge in [-0.2, -0.15) is 9.90 Å². The Morgan fingerprint density at radius 2 is 1.68 bits per heavy atom. The summed E-state index contributed by atoms with van der Waals surface area (Å²) in [6, 6.07) is 25.1. The number of nitrogens with one attached hydrogen (secondary N) is 1. The number of rotatable bonds is 9. The lowest BCUT2D eigenvalue weighted by Crippen LogP contribution is -2.21.